The van der Waals surface area contributed by atoms with E-state index in [9.17, 15) is 33.9 Å². The van der Waals surface area contributed by atoms with E-state index in [-0.39, 0.29) is 18.5 Å². The van der Waals surface area contributed by atoms with Gasteiger partial charge in [0.1, 0.15) is 18.1 Å². The number of carboxylic acids is 1. The van der Waals surface area contributed by atoms with Crippen molar-refractivity contribution in [1.29, 1.82) is 0 Å². The minimum Gasteiger partial charge on any atom is -0.481 e. The summed E-state index contributed by atoms with van der Waals surface area (Å²) in [5.74, 6) is -4.76. The topological polar surface area (TPSA) is 235 Å². The van der Waals surface area contributed by atoms with Crippen LogP contribution in [0.25, 0.3) is 0 Å². The summed E-state index contributed by atoms with van der Waals surface area (Å²) in [7, 11) is 0. The van der Waals surface area contributed by atoms with Crippen molar-refractivity contribution in [2.75, 3.05) is 12.3 Å². The highest BCUT2D eigenvalue weighted by atomic mass is 16.4. The lowest BCUT2D eigenvalue weighted by Gasteiger charge is -2.22. The van der Waals surface area contributed by atoms with E-state index in [2.05, 4.69) is 38.9 Å². The number of carbonyl (C=O) groups excluding carboxylic acids is 5. The van der Waals surface area contributed by atoms with Gasteiger partial charge in [0.05, 0.1) is 13.0 Å². The normalized spacial score (nSPS) is 20.0. The molecule has 1 heterocycles. The molecule has 0 radical (unpaired) electrons. The Kier molecular flexibility index (Phi) is 12.5. The Labute approximate surface area is 242 Å². The third-order valence-corrected chi connectivity index (χ3v) is 5.90. The third-order valence-electron chi connectivity index (χ3n) is 5.90. The fourth-order valence-corrected chi connectivity index (χ4v) is 3.80. The highest BCUT2D eigenvalue weighted by Gasteiger charge is 2.27. The molecule has 14 nitrogen and oxygen atoms in total. The SMILES string of the molecule is C=CN.CC1NC(=O)c2cccc(c2)CNC(=O)C(CC(=O)O)NC(=O)CNC(=O)C(Cc2ccc(N)cc2)NC1=O. The van der Waals surface area contributed by atoms with Gasteiger partial charge in [0.25, 0.3) is 5.91 Å². The van der Waals surface area contributed by atoms with Crippen molar-refractivity contribution < 1.29 is 33.9 Å². The number of hydrogen-bond acceptors (Lipinski definition) is 8. The molecule has 0 saturated carbocycles. The summed E-state index contributed by atoms with van der Waals surface area (Å²) in [5.41, 5.74) is 12.3. The van der Waals surface area contributed by atoms with Gasteiger partial charge in [0, 0.05) is 24.2 Å². The van der Waals surface area contributed by atoms with Crippen molar-refractivity contribution in [2.24, 2.45) is 5.73 Å². The second-order valence-corrected chi connectivity index (χ2v) is 9.29. The Balaban J connectivity index is 0.00000197. The second-order valence-electron chi connectivity index (χ2n) is 9.29. The lowest BCUT2D eigenvalue weighted by atomic mass is 10.0. The van der Waals surface area contributed by atoms with E-state index < -0.39 is 66.6 Å². The standard InChI is InChI=1S/C26H30N6O7.C2H5N/c1-14-23(36)32-19(10-15-5-7-18(27)8-6-15)25(38)29-13-21(33)31-20(11-22(34)35)26(39)28-12-16-3-2-4-17(9-16)24(37)30-14;1-2-3/h2-9,14,19-20H,10-13,27H2,1H3,(H,28,39)(H,29,38)(H,30,37)(H,31,33)(H,32,36)(H,34,35);2H,1,3H2. The highest BCUT2D eigenvalue weighted by molar-refractivity contribution is 5.99. The minimum atomic E-state index is -1.41. The maximum Gasteiger partial charge on any atom is 0.305 e. The first-order chi connectivity index (χ1) is 19.9. The van der Waals surface area contributed by atoms with Crippen molar-refractivity contribution in [1.82, 2.24) is 26.6 Å². The number of nitrogens with two attached hydrogens (primary N) is 2. The summed E-state index contributed by atoms with van der Waals surface area (Å²) < 4.78 is 0. The Morgan fingerprint density at radius 1 is 0.929 bits per heavy atom. The van der Waals surface area contributed by atoms with Crippen LogP contribution in [-0.2, 0) is 36.9 Å². The van der Waals surface area contributed by atoms with Crippen LogP contribution in [-0.4, -0.2) is 65.3 Å². The molecule has 10 N–H and O–H groups in total. The molecular weight excluding hydrogens is 546 g/mol. The summed E-state index contributed by atoms with van der Waals surface area (Å²) in [6.45, 7) is 3.97. The number of rotatable bonds is 4. The number of nitrogens with one attached hydrogen (secondary N) is 5. The second kappa shape index (κ2) is 16.0. The summed E-state index contributed by atoms with van der Waals surface area (Å²) >= 11 is 0. The molecule has 42 heavy (non-hydrogen) atoms. The van der Waals surface area contributed by atoms with Crippen molar-refractivity contribution >= 4 is 41.2 Å². The Morgan fingerprint density at radius 2 is 1.55 bits per heavy atom. The number of benzene rings is 2. The number of fused-ring (bicyclic) bond motifs is 2. The number of hydrogen-bond donors (Lipinski definition) is 8. The van der Waals surface area contributed by atoms with E-state index in [1.807, 2.05) is 0 Å². The Morgan fingerprint density at radius 3 is 2.19 bits per heavy atom. The number of nitrogen functional groups attached to an aromatic ring is 1. The quantitative estimate of drug-likeness (QED) is 0.205. The van der Waals surface area contributed by atoms with Gasteiger partial charge >= 0.3 is 5.97 Å². The van der Waals surface area contributed by atoms with Gasteiger partial charge in [-0.15, -0.1) is 0 Å². The van der Waals surface area contributed by atoms with Crippen LogP contribution in [0.5, 0.6) is 0 Å². The molecule has 0 saturated heterocycles. The number of carbonyl (C=O) groups is 6. The molecular formula is C28H35N7O7. The molecule has 3 atom stereocenters. The number of aliphatic carboxylic acids is 1. The van der Waals surface area contributed by atoms with Crippen molar-refractivity contribution in [3.63, 3.8) is 0 Å². The fraction of sp³-hybridized carbons (Fsp3) is 0.286. The summed E-state index contributed by atoms with van der Waals surface area (Å²) in [5, 5.41) is 21.6. The predicted molar refractivity (Wildman–Crippen MR) is 153 cm³/mol. The van der Waals surface area contributed by atoms with E-state index in [1.165, 1.54) is 25.3 Å². The van der Waals surface area contributed by atoms with Crippen molar-refractivity contribution in [2.45, 2.75) is 44.4 Å². The average Bonchev–Trinajstić information content (AvgIpc) is 2.94. The zero-order valence-corrected chi connectivity index (χ0v) is 23.0. The predicted octanol–water partition coefficient (Wildman–Crippen LogP) is -1.09. The third kappa shape index (κ3) is 10.6. The number of amides is 5. The lowest BCUT2D eigenvalue weighted by molar-refractivity contribution is -0.140. The molecule has 1 aliphatic rings. The van der Waals surface area contributed by atoms with E-state index in [4.69, 9.17) is 5.73 Å². The zero-order valence-electron chi connectivity index (χ0n) is 23.0. The molecule has 3 rings (SSSR count). The van der Waals surface area contributed by atoms with Crippen molar-refractivity contribution in [3.8, 4) is 0 Å². The first-order valence-corrected chi connectivity index (χ1v) is 12.9. The molecule has 0 spiro atoms. The molecule has 0 fully saturated rings. The molecule has 14 heteroatoms. The Bertz CT molecular complexity index is 1310. The van der Waals surface area contributed by atoms with Gasteiger partial charge in [-0.2, -0.15) is 0 Å². The van der Waals surface area contributed by atoms with Crippen LogP contribution in [0.4, 0.5) is 5.69 Å². The van der Waals surface area contributed by atoms with Crippen LogP contribution in [0.2, 0.25) is 0 Å². The minimum absolute atomic E-state index is 0.0478. The molecule has 0 aliphatic carbocycles. The average molecular weight is 582 g/mol. The maximum atomic E-state index is 13.0. The largest absolute Gasteiger partial charge is 0.481 e. The first-order valence-electron chi connectivity index (χ1n) is 12.9. The van der Waals surface area contributed by atoms with Gasteiger partial charge in [-0.25, -0.2) is 0 Å². The molecule has 3 unspecified atom stereocenters. The molecule has 1 aliphatic heterocycles. The van der Waals surface area contributed by atoms with Gasteiger partial charge in [-0.1, -0.05) is 30.8 Å². The first kappa shape index (κ1) is 32.8. The molecule has 224 valence electrons. The van der Waals surface area contributed by atoms with Crippen molar-refractivity contribution in [3.05, 3.63) is 78.0 Å². The molecule has 2 aromatic carbocycles. The van der Waals surface area contributed by atoms with Crippen LogP contribution < -0.4 is 38.1 Å². The van der Waals surface area contributed by atoms with Gasteiger partial charge in [-0.05, 0) is 48.5 Å². The molecule has 5 amide bonds. The fourth-order valence-electron chi connectivity index (χ4n) is 3.80. The van der Waals surface area contributed by atoms with Crippen LogP contribution in [0.15, 0.2) is 61.3 Å². The number of carboxylic acid groups (broad SMARTS) is 1. The molecule has 2 bridgehead atoms. The summed E-state index contributed by atoms with van der Waals surface area (Å²) in [6.07, 6.45) is 0.605. The molecule has 0 aromatic heterocycles. The summed E-state index contributed by atoms with van der Waals surface area (Å²) in [4.78, 5) is 75.1. The van der Waals surface area contributed by atoms with Crippen LogP contribution in [0, 0.1) is 0 Å². The van der Waals surface area contributed by atoms with E-state index in [0.29, 0.717) is 16.8 Å². The maximum absolute atomic E-state index is 13.0. The molecule has 2 aromatic rings. The Hall–Kier alpha value is -5.40. The summed E-state index contributed by atoms with van der Waals surface area (Å²) in [6, 6.07) is 9.33. The van der Waals surface area contributed by atoms with Gasteiger partial charge in [0.2, 0.25) is 23.6 Å². The van der Waals surface area contributed by atoms with Crippen LogP contribution in [0.3, 0.4) is 0 Å². The lowest BCUT2D eigenvalue weighted by Crippen LogP contribution is -2.55. The van der Waals surface area contributed by atoms with Gasteiger partial charge in [0.15, 0.2) is 0 Å². The van der Waals surface area contributed by atoms with Gasteiger partial charge < -0.3 is 43.2 Å². The zero-order chi connectivity index (χ0) is 31.2. The number of anilines is 1. The monoisotopic (exact) mass is 581 g/mol. The van der Waals surface area contributed by atoms with E-state index in [1.54, 1.807) is 36.4 Å². The highest BCUT2D eigenvalue weighted by Crippen LogP contribution is 2.10. The van der Waals surface area contributed by atoms with E-state index >= 15 is 0 Å². The smallest absolute Gasteiger partial charge is 0.305 e. The van der Waals surface area contributed by atoms with Crippen LogP contribution in [0.1, 0.15) is 34.8 Å². The van der Waals surface area contributed by atoms with Crippen LogP contribution >= 0.6 is 0 Å². The van der Waals surface area contributed by atoms with E-state index in [0.717, 1.165) is 0 Å². The van der Waals surface area contributed by atoms with Gasteiger partial charge in [-0.3, -0.25) is 28.8 Å².